The molecule has 3 N–H and O–H groups in total. The number of nitrogens with two attached hydrogens (primary N) is 1. The zero-order valence-electron chi connectivity index (χ0n) is 6.30. The van der Waals surface area contributed by atoms with Crippen LogP contribution in [0.25, 0.3) is 0 Å². The van der Waals surface area contributed by atoms with Crippen LogP contribution >= 0.6 is 31.9 Å². The first-order valence-electron chi connectivity index (χ1n) is 3.48. The molecule has 12 heavy (non-hydrogen) atoms. The van der Waals surface area contributed by atoms with Gasteiger partial charge in [0.05, 0.1) is 6.10 Å². The minimum atomic E-state index is -0.590. The van der Waals surface area contributed by atoms with Crippen molar-refractivity contribution >= 4 is 31.9 Å². The lowest BCUT2D eigenvalue weighted by atomic mass is 10.1. The summed E-state index contributed by atoms with van der Waals surface area (Å²) >= 11 is 6.67. The monoisotopic (exact) mass is 293 g/mol. The topological polar surface area (TPSA) is 46.2 Å². The van der Waals surface area contributed by atoms with Gasteiger partial charge in [-0.1, -0.05) is 37.9 Å². The van der Waals surface area contributed by atoms with Gasteiger partial charge in [0.2, 0.25) is 0 Å². The van der Waals surface area contributed by atoms with E-state index in [2.05, 4.69) is 31.9 Å². The molecule has 0 aliphatic heterocycles. The van der Waals surface area contributed by atoms with Crippen LogP contribution in [0.15, 0.2) is 27.1 Å². The third-order valence-electron chi connectivity index (χ3n) is 1.54. The third-order valence-corrected chi connectivity index (χ3v) is 2.72. The lowest BCUT2D eigenvalue weighted by Crippen LogP contribution is -2.11. The molecule has 0 aliphatic carbocycles. The van der Waals surface area contributed by atoms with Crippen molar-refractivity contribution in [2.24, 2.45) is 5.73 Å². The van der Waals surface area contributed by atoms with Gasteiger partial charge in [-0.3, -0.25) is 0 Å². The minimum absolute atomic E-state index is 0.236. The maximum Gasteiger partial charge on any atom is 0.0923 e. The van der Waals surface area contributed by atoms with Crippen LogP contribution < -0.4 is 5.73 Å². The fraction of sp³-hybridized carbons (Fsp3) is 0.250. The molecule has 1 aromatic rings. The summed E-state index contributed by atoms with van der Waals surface area (Å²) in [7, 11) is 0. The van der Waals surface area contributed by atoms with E-state index in [0.717, 1.165) is 14.5 Å². The van der Waals surface area contributed by atoms with Gasteiger partial charge in [-0.05, 0) is 17.7 Å². The number of rotatable bonds is 2. The average molecular weight is 295 g/mol. The molecule has 1 atom stereocenters. The first kappa shape index (κ1) is 10.2. The summed E-state index contributed by atoms with van der Waals surface area (Å²) in [4.78, 5) is 0. The first-order chi connectivity index (χ1) is 5.65. The highest BCUT2D eigenvalue weighted by Crippen LogP contribution is 2.26. The fourth-order valence-corrected chi connectivity index (χ4v) is 2.21. The molecule has 1 aromatic carbocycles. The lowest BCUT2D eigenvalue weighted by molar-refractivity contribution is 0.186. The van der Waals surface area contributed by atoms with Crippen molar-refractivity contribution in [3.63, 3.8) is 0 Å². The molecule has 0 amide bonds. The van der Waals surface area contributed by atoms with Crippen LogP contribution in [0.2, 0.25) is 0 Å². The van der Waals surface area contributed by atoms with Gasteiger partial charge in [0.15, 0.2) is 0 Å². The van der Waals surface area contributed by atoms with E-state index >= 15 is 0 Å². The summed E-state index contributed by atoms with van der Waals surface area (Å²) in [6, 6.07) is 5.60. The molecule has 66 valence electrons. The molecule has 0 saturated carbocycles. The second-order valence-corrected chi connectivity index (χ2v) is 4.19. The number of aliphatic hydroxyl groups is 1. The van der Waals surface area contributed by atoms with Gasteiger partial charge in [-0.15, -0.1) is 0 Å². The minimum Gasteiger partial charge on any atom is -0.387 e. The van der Waals surface area contributed by atoms with Crippen molar-refractivity contribution in [3.8, 4) is 0 Å². The predicted octanol–water partition coefficient (Wildman–Crippen LogP) is 2.20. The zero-order chi connectivity index (χ0) is 9.14. The van der Waals surface area contributed by atoms with Gasteiger partial charge in [0, 0.05) is 15.5 Å². The third kappa shape index (κ3) is 2.29. The standard InChI is InChI=1S/C8H9Br2NO/c9-5-1-2-6(7(10)3-5)8(12)4-11/h1-3,8,12H,4,11H2/t8-/m0/s1. The first-order valence-corrected chi connectivity index (χ1v) is 5.07. The van der Waals surface area contributed by atoms with Crippen LogP contribution in [0.1, 0.15) is 11.7 Å². The van der Waals surface area contributed by atoms with Crippen molar-refractivity contribution in [3.05, 3.63) is 32.7 Å². The van der Waals surface area contributed by atoms with Gasteiger partial charge in [-0.25, -0.2) is 0 Å². The number of hydrogen-bond acceptors (Lipinski definition) is 2. The molecule has 0 heterocycles. The van der Waals surface area contributed by atoms with Crippen LogP contribution in [-0.2, 0) is 0 Å². The number of halogens is 2. The van der Waals surface area contributed by atoms with Crippen LogP contribution in [0.3, 0.4) is 0 Å². The highest BCUT2D eigenvalue weighted by molar-refractivity contribution is 9.11. The predicted molar refractivity (Wildman–Crippen MR) is 55.9 cm³/mol. The molecule has 0 aliphatic rings. The molecule has 2 nitrogen and oxygen atoms in total. The molecule has 0 aromatic heterocycles. The van der Waals surface area contributed by atoms with Crippen molar-refractivity contribution in [1.82, 2.24) is 0 Å². The Morgan fingerprint density at radius 2 is 2.08 bits per heavy atom. The van der Waals surface area contributed by atoms with E-state index in [0.29, 0.717) is 0 Å². The Hall–Kier alpha value is 0.1000. The molecule has 4 heteroatoms. The molecule has 1 rings (SSSR count). The molecule has 0 spiro atoms. The van der Waals surface area contributed by atoms with E-state index in [4.69, 9.17) is 5.73 Å². The van der Waals surface area contributed by atoms with Gasteiger partial charge in [0.1, 0.15) is 0 Å². The second-order valence-electron chi connectivity index (χ2n) is 2.42. The Bertz CT molecular complexity index is 278. The summed E-state index contributed by atoms with van der Waals surface area (Å²) in [6.45, 7) is 0.236. The Kier molecular flexibility index (Phi) is 3.71. The van der Waals surface area contributed by atoms with E-state index in [-0.39, 0.29) is 6.54 Å². The molecular weight excluding hydrogens is 286 g/mol. The van der Waals surface area contributed by atoms with Gasteiger partial charge < -0.3 is 10.8 Å². The SMILES string of the molecule is NC[C@H](O)c1ccc(Br)cc1Br. The Labute approximate surface area is 88.0 Å². The smallest absolute Gasteiger partial charge is 0.0923 e. The Morgan fingerprint density at radius 3 is 2.58 bits per heavy atom. The molecule has 0 fully saturated rings. The summed E-state index contributed by atoms with van der Waals surface area (Å²) in [5, 5.41) is 9.43. The second kappa shape index (κ2) is 4.37. The molecule has 0 radical (unpaired) electrons. The van der Waals surface area contributed by atoms with Crippen LogP contribution in [0.4, 0.5) is 0 Å². The quantitative estimate of drug-likeness (QED) is 0.878. The highest BCUT2D eigenvalue weighted by Gasteiger charge is 2.08. The summed E-state index contributed by atoms with van der Waals surface area (Å²) in [6.07, 6.45) is -0.590. The van der Waals surface area contributed by atoms with Crippen molar-refractivity contribution in [1.29, 1.82) is 0 Å². The van der Waals surface area contributed by atoms with Crippen LogP contribution in [0.5, 0.6) is 0 Å². The van der Waals surface area contributed by atoms with Gasteiger partial charge in [-0.2, -0.15) is 0 Å². The Balaban J connectivity index is 3.01. The van der Waals surface area contributed by atoms with E-state index in [1.807, 2.05) is 18.2 Å². The van der Waals surface area contributed by atoms with Crippen molar-refractivity contribution in [2.45, 2.75) is 6.10 Å². The normalized spacial score (nSPS) is 13.0. The number of hydrogen-bond donors (Lipinski definition) is 2. The average Bonchev–Trinajstić information content (AvgIpc) is 2.03. The molecule has 0 bridgehead atoms. The molecular formula is C8H9Br2NO. The fourth-order valence-electron chi connectivity index (χ4n) is 0.899. The maximum atomic E-state index is 9.43. The number of benzene rings is 1. The highest BCUT2D eigenvalue weighted by atomic mass is 79.9. The summed E-state index contributed by atoms with van der Waals surface area (Å²) < 4.78 is 1.84. The largest absolute Gasteiger partial charge is 0.387 e. The van der Waals surface area contributed by atoms with Crippen molar-refractivity contribution < 1.29 is 5.11 Å². The molecule has 0 unspecified atom stereocenters. The zero-order valence-corrected chi connectivity index (χ0v) is 9.47. The number of aliphatic hydroxyl groups excluding tert-OH is 1. The van der Waals surface area contributed by atoms with E-state index in [1.165, 1.54) is 0 Å². The van der Waals surface area contributed by atoms with Crippen molar-refractivity contribution in [2.75, 3.05) is 6.54 Å². The maximum absolute atomic E-state index is 9.43. The van der Waals surface area contributed by atoms with Gasteiger partial charge in [0.25, 0.3) is 0 Å². The summed E-state index contributed by atoms with van der Waals surface area (Å²) in [5.74, 6) is 0. The van der Waals surface area contributed by atoms with E-state index in [1.54, 1.807) is 0 Å². The Morgan fingerprint density at radius 1 is 1.42 bits per heavy atom. The van der Waals surface area contributed by atoms with Crippen LogP contribution in [0, 0.1) is 0 Å². The van der Waals surface area contributed by atoms with Gasteiger partial charge >= 0.3 is 0 Å². The molecule has 0 saturated heterocycles. The lowest BCUT2D eigenvalue weighted by Gasteiger charge is -2.09. The van der Waals surface area contributed by atoms with E-state index in [9.17, 15) is 5.11 Å². The van der Waals surface area contributed by atoms with E-state index < -0.39 is 6.10 Å². The summed E-state index contributed by atoms with van der Waals surface area (Å²) in [5.41, 5.74) is 6.15. The van der Waals surface area contributed by atoms with Crippen LogP contribution in [-0.4, -0.2) is 11.7 Å².